The lowest BCUT2D eigenvalue weighted by Gasteiger charge is -2.32. The van der Waals surface area contributed by atoms with Crippen LogP contribution in [-0.4, -0.2) is 38.8 Å². The van der Waals surface area contributed by atoms with Gasteiger partial charge >= 0.3 is 22.7 Å². The van der Waals surface area contributed by atoms with Crippen molar-refractivity contribution in [3.05, 3.63) is 24.3 Å². The summed E-state index contributed by atoms with van der Waals surface area (Å²) in [4.78, 5) is 0. The molecule has 0 atom stereocenters. The maximum Gasteiger partial charge on any atom is 0.516 e. The van der Waals surface area contributed by atoms with Crippen LogP contribution in [0.4, 0.5) is 18.9 Å². The van der Waals surface area contributed by atoms with E-state index in [1.807, 2.05) is 27.7 Å². The molecule has 25 heavy (non-hydrogen) atoms. The molecule has 0 N–H and O–H groups in total. The van der Waals surface area contributed by atoms with Crippen LogP contribution in [0.15, 0.2) is 24.3 Å². The summed E-state index contributed by atoms with van der Waals surface area (Å²) in [6.07, 6.45) is 0. The molecule has 0 unspecified atom stereocenters. The van der Waals surface area contributed by atoms with Gasteiger partial charge in [-0.3, -0.25) is 4.31 Å². The van der Waals surface area contributed by atoms with Gasteiger partial charge in [0.25, 0.3) is 0 Å². The van der Waals surface area contributed by atoms with Crippen molar-refractivity contribution in [2.75, 3.05) is 10.8 Å². The lowest BCUT2D eigenvalue weighted by molar-refractivity contribution is -0.0438. The lowest BCUT2D eigenvalue weighted by Crippen LogP contribution is -2.41. The first-order valence-corrected chi connectivity index (χ1v) is 9.21. The zero-order chi connectivity index (χ0) is 19.3. The number of hydrogen-bond acceptors (Lipinski definition) is 4. The molecule has 10 heteroatoms. The second-order valence-electron chi connectivity index (χ2n) is 6.80. The Kier molecular flexibility index (Phi) is 4.95. The molecule has 0 bridgehead atoms. The van der Waals surface area contributed by atoms with Crippen molar-refractivity contribution in [3.63, 3.8) is 0 Å². The minimum absolute atomic E-state index is 0.0907. The normalized spacial score (nSPS) is 19.9. The molecule has 0 saturated carbocycles. The Morgan fingerprint density at radius 3 is 2.08 bits per heavy atom. The first-order valence-electron chi connectivity index (χ1n) is 7.77. The minimum Gasteiger partial charge on any atom is -0.399 e. The van der Waals surface area contributed by atoms with Crippen LogP contribution in [0.1, 0.15) is 34.6 Å². The first kappa shape index (κ1) is 20.1. The minimum atomic E-state index is -5.48. The van der Waals surface area contributed by atoms with E-state index in [0.717, 1.165) is 0 Å². The maximum absolute atomic E-state index is 12.9. The molecule has 0 amide bonds. The van der Waals surface area contributed by atoms with Crippen LogP contribution in [0.3, 0.4) is 0 Å². The van der Waals surface area contributed by atoms with Gasteiger partial charge in [-0.2, -0.15) is 21.6 Å². The van der Waals surface area contributed by atoms with Crippen LogP contribution in [0.5, 0.6) is 0 Å². The standard InChI is InChI=1S/C15H21BF3NO4S/c1-6-20(25(21,22)15(17,18)19)12-9-7-8-11(10-12)16-23-13(2,3)14(4,5)24-16/h7-10H,6H2,1-5H3. The van der Waals surface area contributed by atoms with E-state index < -0.39 is 33.9 Å². The fraction of sp³-hybridized carbons (Fsp3) is 0.600. The topological polar surface area (TPSA) is 55.8 Å². The SMILES string of the molecule is CCN(c1cccc(B2OC(C)(C)C(C)(C)O2)c1)S(=O)(=O)C(F)(F)F. The molecular weight excluding hydrogens is 358 g/mol. The zero-order valence-corrected chi connectivity index (χ0v) is 15.5. The number of sulfonamides is 1. The summed E-state index contributed by atoms with van der Waals surface area (Å²) in [5.74, 6) is 0. The highest BCUT2D eigenvalue weighted by molar-refractivity contribution is 7.93. The molecule has 1 aromatic rings. The summed E-state index contributed by atoms with van der Waals surface area (Å²) in [5.41, 5.74) is -6.24. The highest BCUT2D eigenvalue weighted by atomic mass is 32.2. The quantitative estimate of drug-likeness (QED) is 0.755. The molecule has 1 saturated heterocycles. The Morgan fingerprint density at radius 2 is 1.64 bits per heavy atom. The fourth-order valence-corrected chi connectivity index (χ4v) is 3.40. The molecule has 1 aliphatic rings. The Balaban J connectivity index is 2.40. The number of halogens is 3. The monoisotopic (exact) mass is 379 g/mol. The second kappa shape index (κ2) is 6.17. The number of rotatable bonds is 4. The van der Waals surface area contributed by atoms with Crippen LogP contribution in [-0.2, 0) is 19.3 Å². The summed E-state index contributed by atoms with van der Waals surface area (Å²) < 4.78 is 74.2. The van der Waals surface area contributed by atoms with Gasteiger partial charge in [0.1, 0.15) is 0 Å². The Labute approximate surface area is 146 Å². The van der Waals surface area contributed by atoms with E-state index in [4.69, 9.17) is 9.31 Å². The summed E-state index contributed by atoms with van der Waals surface area (Å²) in [6.45, 7) is 8.39. The number of anilines is 1. The summed E-state index contributed by atoms with van der Waals surface area (Å²) in [5, 5.41) is 0. The lowest BCUT2D eigenvalue weighted by atomic mass is 9.79. The summed E-state index contributed by atoms with van der Waals surface area (Å²) in [6, 6.07) is 5.75. The average Bonchev–Trinajstić information content (AvgIpc) is 2.67. The summed E-state index contributed by atoms with van der Waals surface area (Å²) in [7, 11) is -6.27. The molecule has 0 radical (unpaired) electrons. The van der Waals surface area contributed by atoms with Gasteiger partial charge in [0.05, 0.1) is 16.9 Å². The van der Waals surface area contributed by atoms with Gasteiger partial charge in [0.2, 0.25) is 0 Å². The smallest absolute Gasteiger partial charge is 0.399 e. The van der Waals surface area contributed by atoms with Crippen LogP contribution in [0, 0.1) is 0 Å². The van der Waals surface area contributed by atoms with Crippen molar-refractivity contribution in [2.45, 2.75) is 51.3 Å². The van der Waals surface area contributed by atoms with E-state index in [2.05, 4.69) is 0 Å². The van der Waals surface area contributed by atoms with E-state index in [1.54, 1.807) is 6.07 Å². The van der Waals surface area contributed by atoms with Crippen molar-refractivity contribution < 1.29 is 30.9 Å². The van der Waals surface area contributed by atoms with E-state index in [1.165, 1.54) is 25.1 Å². The summed E-state index contributed by atoms with van der Waals surface area (Å²) >= 11 is 0. The second-order valence-corrected chi connectivity index (χ2v) is 8.65. The molecule has 1 aliphatic heterocycles. The number of hydrogen-bond donors (Lipinski definition) is 0. The molecule has 5 nitrogen and oxygen atoms in total. The molecule has 0 spiro atoms. The molecule has 1 aromatic carbocycles. The van der Waals surface area contributed by atoms with E-state index >= 15 is 0 Å². The van der Waals surface area contributed by atoms with Crippen LogP contribution in [0.2, 0.25) is 0 Å². The van der Waals surface area contributed by atoms with Gasteiger partial charge in [-0.1, -0.05) is 12.1 Å². The third-order valence-electron chi connectivity index (χ3n) is 4.55. The van der Waals surface area contributed by atoms with E-state index in [0.29, 0.717) is 9.77 Å². The number of nitrogens with zero attached hydrogens (tertiary/aromatic N) is 1. The van der Waals surface area contributed by atoms with Gasteiger partial charge in [0, 0.05) is 6.54 Å². The molecule has 2 rings (SSSR count). The van der Waals surface area contributed by atoms with Gasteiger partial charge in [0.15, 0.2) is 0 Å². The molecule has 1 heterocycles. The predicted molar refractivity (Wildman–Crippen MR) is 90.2 cm³/mol. The van der Waals surface area contributed by atoms with Gasteiger partial charge in [-0.15, -0.1) is 0 Å². The average molecular weight is 379 g/mol. The Morgan fingerprint density at radius 1 is 1.12 bits per heavy atom. The van der Waals surface area contributed by atoms with Crippen molar-refractivity contribution in [1.82, 2.24) is 0 Å². The number of alkyl halides is 3. The fourth-order valence-electron chi connectivity index (χ4n) is 2.42. The Bertz CT molecular complexity index is 733. The van der Waals surface area contributed by atoms with Gasteiger partial charge < -0.3 is 9.31 Å². The van der Waals surface area contributed by atoms with Gasteiger partial charge in [-0.05, 0) is 52.2 Å². The molecular formula is C15H21BF3NO4S. The molecule has 0 aromatic heterocycles. The predicted octanol–water partition coefficient (Wildman–Crippen LogP) is 2.66. The van der Waals surface area contributed by atoms with Crippen molar-refractivity contribution >= 4 is 28.3 Å². The third-order valence-corrected chi connectivity index (χ3v) is 6.19. The maximum atomic E-state index is 12.9. The first-order chi connectivity index (χ1) is 11.2. The third kappa shape index (κ3) is 3.52. The molecule has 0 aliphatic carbocycles. The largest absolute Gasteiger partial charge is 0.516 e. The van der Waals surface area contributed by atoms with E-state index in [-0.39, 0.29) is 12.2 Å². The Hall–Kier alpha value is -1.26. The van der Waals surface area contributed by atoms with Crippen molar-refractivity contribution in [3.8, 4) is 0 Å². The van der Waals surface area contributed by atoms with E-state index in [9.17, 15) is 21.6 Å². The van der Waals surface area contributed by atoms with Crippen molar-refractivity contribution in [1.29, 1.82) is 0 Å². The molecule has 140 valence electrons. The highest BCUT2D eigenvalue weighted by Gasteiger charge is 2.52. The van der Waals surface area contributed by atoms with Crippen LogP contribution >= 0.6 is 0 Å². The number of benzene rings is 1. The van der Waals surface area contributed by atoms with Gasteiger partial charge in [-0.25, -0.2) is 0 Å². The highest BCUT2D eigenvalue weighted by Crippen LogP contribution is 2.37. The van der Waals surface area contributed by atoms with Crippen LogP contribution in [0.25, 0.3) is 0 Å². The molecule has 1 fully saturated rings. The van der Waals surface area contributed by atoms with Crippen molar-refractivity contribution in [2.24, 2.45) is 0 Å². The van der Waals surface area contributed by atoms with Crippen LogP contribution < -0.4 is 9.77 Å². The zero-order valence-electron chi connectivity index (χ0n) is 14.7.